The van der Waals surface area contributed by atoms with E-state index in [1.54, 1.807) is 76.3 Å². The highest BCUT2D eigenvalue weighted by Gasteiger charge is 2.35. The van der Waals surface area contributed by atoms with E-state index in [2.05, 4.69) is 10.6 Å². The number of nitrogens with one attached hydrogen (secondary N) is 2. The number of benzene rings is 2. The Morgan fingerprint density at radius 1 is 1.16 bits per heavy atom. The Morgan fingerprint density at radius 2 is 1.87 bits per heavy atom. The molecule has 1 heterocycles. The van der Waals surface area contributed by atoms with Crippen molar-refractivity contribution in [2.75, 3.05) is 12.4 Å². The van der Waals surface area contributed by atoms with Gasteiger partial charge in [0.15, 0.2) is 0 Å². The lowest BCUT2D eigenvalue weighted by Crippen LogP contribution is -2.46. The van der Waals surface area contributed by atoms with E-state index in [0.29, 0.717) is 33.1 Å². The maximum absolute atomic E-state index is 12.8. The summed E-state index contributed by atoms with van der Waals surface area (Å²) in [6.07, 6.45) is -0.306. The summed E-state index contributed by atoms with van der Waals surface area (Å²) in [5, 5.41) is 6.12. The monoisotopic (exact) mass is 441 g/mol. The first kappa shape index (κ1) is 22.4. The Kier molecular flexibility index (Phi) is 6.65. The number of urea groups is 1. The molecular formula is C23H24ClN3O4. The van der Waals surface area contributed by atoms with Crippen LogP contribution in [0.4, 0.5) is 10.5 Å². The molecule has 3 rings (SSSR count). The second kappa shape index (κ2) is 9.22. The number of amides is 3. The molecule has 1 atom stereocenters. The standard InChI is InChI=1S/C23H24ClN3O4/c1-13(2)31-22(29)19-14(3)27(4)23(30)26-20(19)15-7-6-10-18(12-15)25-21(28)16-8-5-9-17(24)11-16/h5-13,20H,1-4H3,(H,25,28)(H,26,30)/t20-/m1/s1. The van der Waals surface area contributed by atoms with E-state index < -0.39 is 12.0 Å². The fourth-order valence-electron chi connectivity index (χ4n) is 3.26. The van der Waals surface area contributed by atoms with E-state index >= 15 is 0 Å². The highest BCUT2D eigenvalue weighted by molar-refractivity contribution is 6.31. The van der Waals surface area contributed by atoms with Gasteiger partial charge in [-0.15, -0.1) is 0 Å². The molecule has 0 fully saturated rings. The quantitative estimate of drug-likeness (QED) is 0.668. The van der Waals surface area contributed by atoms with Crippen LogP contribution in [0.5, 0.6) is 0 Å². The van der Waals surface area contributed by atoms with Crippen molar-refractivity contribution in [2.24, 2.45) is 0 Å². The van der Waals surface area contributed by atoms with Gasteiger partial charge in [0.1, 0.15) is 0 Å². The molecule has 0 bridgehead atoms. The van der Waals surface area contributed by atoms with Crippen molar-refractivity contribution in [1.29, 1.82) is 0 Å². The number of nitrogens with zero attached hydrogens (tertiary/aromatic N) is 1. The van der Waals surface area contributed by atoms with Crippen molar-refractivity contribution in [3.63, 3.8) is 0 Å². The summed E-state index contributed by atoms with van der Waals surface area (Å²) < 4.78 is 5.40. The van der Waals surface area contributed by atoms with E-state index in [1.165, 1.54) is 4.90 Å². The van der Waals surface area contributed by atoms with Crippen molar-refractivity contribution in [1.82, 2.24) is 10.2 Å². The molecule has 0 saturated heterocycles. The zero-order chi connectivity index (χ0) is 22.7. The second-order valence-electron chi connectivity index (χ2n) is 7.48. The summed E-state index contributed by atoms with van der Waals surface area (Å²) in [7, 11) is 1.59. The van der Waals surface area contributed by atoms with Gasteiger partial charge in [0.2, 0.25) is 0 Å². The number of anilines is 1. The number of hydrogen-bond donors (Lipinski definition) is 2. The first-order valence-corrected chi connectivity index (χ1v) is 10.2. The van der Waals surface area contributed by atoms with Crippen LogP contribution in [0.3, 0.4) is 0 Å². The first-order chi connectivity index (χ1) is 14.7. The van der Waals surface area contributed by atoms with Crippen LogP contribution in [-0.2, 0) is 9.53 Å². The van der Waals surface area contributed by atoms with Crippen LogP contribution in [0, 0.1) is 0 Å². The molecule has 7 nitrogen and oxygen atoms in total. The first-order valence-electron chi connectivity index (χ1n) is 9.80. The minimum Gasteiger partial charge on any atom is -0.459 e. The van der Waals surface area contributed by atoms with Gasteiger partial charge in [0.05, 0.1) is 17.7 Å². The number of carbonyl (C=O) groups excluding carboxylic acids is 3. The third-order valence-corrected chi connectivity index (χ3v) is 5.12. The summed E-state index contributed by atoms with van der Waals surface area (Å²) in [5.41, 5.74) is 2.43. The predicted molar refractivity (Wildman–Crippen MR) is 119 cm³/mol. The lowest BCUT2D eigenvalue weighted by molar-refractivity contribution is -0.143. The minimum atomic E-state index is -0.710. The van der Waals surface area contributed by atoms with Crippen molar-refractivity contribution in [3.8, 4) is 0 Å². The van der Waals surface area contributed by atoms with E-state index in [9.17, 15) is 14.4 Å². The minimum absolute atomic E-state index is 0.306. The fourth-order valence-corrected chi connectivity index (χ4v) is 3.45. The number of hydrogen-bond acceptors (Lipinski definition) is 4. The van der Waals surface area contributed by atoms with E-state index in [0.717, 1.165) is 0 Å². The van der Waals surface area contributed by atoms with E-state index in [1.807, 2.05) is 0 Å². The Morgan fingerprint density at radius 3 is 2.55 bits per heavy atom. The molecule has 0 saturated carbocycles. The molecule has 0 spiro atoms. The van der Waals surface area contributed by atoms with Crippen molar-refractivity contribution in [2.45, 2.75) is 32.9 Å². The molecule has 2 N–H and O–H groups in total. The molecule has 1 aliphatic rings. The van der Waals surface area contributed by atoms with Gasteiger partial charge in [-0.05, 0) is 56.7 Å². The molecule has 0 aromatic heterocycles. The van der Waals surface area contributed by atoms with Crippen LogP contribution in [0.2, 0.25) is 5.02 Å². The SMILES string of the molecule is CC1=C(C(=O)OC(C)C)[C@@H](c2cccc(NC(=O)c3cccc(Cl)c3)c2)NC(=O)N1C. The number of esters is 1. The van der Waals surface area contributed by atoms with Gasteiger partial charge in [-0.25, -0.2) is 9.59 Å². The van der Waals surface area contributed by atoms with Crippen LogP contribution < -0.4 is 10.6 Å². The molecule has 8 heteroatoms. The maximum atomic E-state index is 12.8. The third kappa shape index (κ3) is 5.06. The average Bonchev–Trinajstić information content (AvgIpc) is 2.71. The Balaban J connectivity index is 1.93. The van der Waals surface area contributed by atoms with Crippen molar-refractivity contribution >= 4 is 35.2 Å². The number of ether oxygens (including phenoxy) is 1. The van der Waals surface area contributed by atoms with Crippen LogP contribution in [-0.4, -0.2) is 36.0 Å². The molecule has 2 aromatic rings. The average molecular weight is 442 g/mol. The fraction of sp³-hybridized carbons (Fsp3) is 0.261. The van der Waals surface area contributed by atoms with Gasteiger partial charge in [-0.3, -0.25) is 4.79 Å². The number of halogens is 1. The van der Waals surface area contributed by atoms with Gasteiger partial charge >= 0.3 is 12.0 Å². The van der Waals surface area contributed by atoms with Crippen molar-refractivity contribution in [3.05, 3.63) is 76.0 Å². The predicted octanol–water partition coefficient (Wildman–Crippen LogP) is 4.51. The topological polar surface area (TPSA) is 87.7 Å². The Hall–Kier alpha value is -3.32. The largest absolute Gasteiger partial charge is 0.459 e. The molecule has 3 amide bonds. The summed E-state index contributed by atoms with van der Waals surface area (Å²) in [6, 6.07) is 12.5. The summed E-state index contributed by atoms with van der Waals surface area (Å²) >= 11 is 5.97. The molecule has 0 unspecified atom stereocenters. The molecule has 162 valence electrons. The molecular weight excluding hydrogens is 418 g/mol. The summed E-state index contributed by atoms with van der Waals surface area (Å²) in [4.78, 5) is 39.1. The molecule has 0 aliphatic carbocycles. The lowest BCUT2D eigenvalue weighted by atomic mass is 9.94. The highest BCUT2D eigenvalue weighted by atomic mass is 35.5. The smallest absolute Gasteiger partial charge is 0.338 e. The Labute approximate surface area is 186 Å². The molecule has 0 radical (unpaired) electrons. The van der Waals surface area contributed by atoms with Crippen LogP contribution in [0.1, 0.15) is 42.7 Å². The highest BCUT2D eigenvalue weighted by Crippen LogP contribution is 2.32. The van der Waals surface area contributed by atoms with Gasteiger partial charge in [-0.2, -0.15) is 0 Å². The van der Waals surface area contributed by atoms with E-state index in [-0.39, 0.29) is 18.0 Å². The lowest BCUT2D eigenvalue weighted by Gasteiger charge is -2.33. The zero-order valence-electron chi connectivity index (χ0n) is 17.7. The van der Waals surface area contributed by atoms with Gasteiger partial charge in [0, 0.05) is 29.0 Å². The number of carbonyl (C=O) groups is 3. The maximum Gasteiger partial charge on any atom is 0.338 e. The van der Waals surface area contributed by atoms with Crippen LogP contribution in [0.15, 0.2) is 59.8 Å². The molecule has 2 aromatic carbocycles. The van der Waals surface area contributed by atoms with Crippen molar-refractivity contribution < 1.29 is 19.1 Å². The van der Waals surface area contributed by atoms with Gasteiger partial charge < -0.3 is 20.3 Å². The number of rotatable bonds is 5. The number of allylic oxidation sites excluding steroid dienone is 1. The Bertz CT molecular complexity index is 1060. The normalized spacial score (nSPS) is 16.3. The second-order valence-corrected chi connectivity index (χ2v) is 7.92. The van der Waals surface area contributed by atoms with E-state index in [4.69, 9.17) is 16.3 Å². The third-order valence-electron chi connectivity index (χ3n) is 4.88. The van der Waals surface area contributed by atoms with Crippen LogP contribution in [0.25, 0.3) is 0 Å². The summed E-state index contributed by atoms with van der Waals surface area (Å²) in [5.74, 6) is -0.823. The zero-order valence-corrected chi connectivity index (χ0v) is 18.5. The van der Waals surface area contributed by atoms with Gasteiger partial charge in [0.25, 0.3) is 5.91 Å². The summed E-state index contributed by atoms with van der Waals surface area (Å²) in [6.45, 7) is 5.23. The molecule has 31 heavy (non-hydrogen) atoms. The molecule has 1 aliphatic heterocycles. The van der Waals surface area contributed by atoms with Crippen LogP contribution >= 0.6 is 11.6 Å². The van der Waals surface area contributed by atoms with Gasteiger partial charge in [-0.1, -0.05) is 29.8 Å².